The zero-order valence-corrected chi connectivity index (χ0v) is 16.8. The second-order valence-electron chi connectivity index (χ2n) is 5.92. The molecule has 3 aromatic rings. The second kappa shape index (κ2) is 9.32. The third-order valence-corrected chi connectivity index (χ3v) is 4.42. The van der Waals surface area contributed by atoms with Gasteiger partial charge in [0, 0.05) is 11.4 Å². The molecule has 0 bridgehead atoms. The molecule has 0 spiro atoms. The minimum atomic E-state index is -0.716. The van der Waals surface area contributed by atoms with Crippen LogP contribution < -0.4 is 20.1 Å². The molecular weight excluding hydrogens is 415 g/mol. The van der Waals surface area contributed by atoms with Gasteiger partial charge in [0.1, 0.15) is 0 Å². The Labute approximate surface area is 177 Å². The molecule has 2 amide bonds. The van der Waals surface area contributed by atoms with Crippen LogP contribution in [0, 0.1) is 6.92 Å². The summed E-state index contributed by atoms with van der Waals surface area (Å²) in [4.78, 5) is 24.3. The summed E-state index contributed by atoms with van der Waals surface area (Å²) in [7, 11) is 0. The molecule has 6 nitrogen and oxygen atoms in total. The van der Waals surface area contributed by atoms with Crippen LogP contribution in [0.3, 0.4) is 0 Å². The van der Waals surface area contributed by atoms with Crippen LogP contribution in [-0.4, -0.2) is 12.2 Å². The molecule has 0 aliphatic heterocycles. The highest BCUT2D eigenvalue weighted by atomic mass is 35.5. The summed E-state index contributed by atoms with van der Waals surface area (Å²) in [6.07, 6.45) is -1.43. The maximum absolute atomic E-state index is 12.2. The summed E-state index contributed by atoms with van der Waals surface area (Å²) >= 11 is 12.0. The number of aryl methyl sites for hydroxylation is 1. The van der Waals surface area contributed by atoms with Crippen LogP contribution in [0.5, 0.6) is 11.5 Å². The quantitative estimate of drug-likeness (QED) is 0.493. The van der Waals surface area contributed by atoms with E-state index < -0.39 is 12.2 Å². The zero-order chi connectivity index (χ0) is 20.8. The van der Waals surface area contributed by atoms with E-state index >= 15 is 0 Å². The van der Waals surface area contributed by atoms with Crippen molar-refractivity contribution in [3.05, 3.63) is 82.3 Å². The minimum absolute atomic E-state index is 0.237. The Morgan fingerprint density at radius 1 is 0.759 bits per heavy atom. The molecule has 0 heterocycles. The highest BCUT2D eigenvalue weighted by molar-refractivity contribution is 6.32. The molecule has 0 radical (unpaired) electrons. The Hall–Kier alpha value is -3.22. The summed E-state index contributed by atoms with van der Waals surface area (Å²) in [5.74, 6) is 0.474. The lowest BCUT2D eigenvalue weighted by atomic mass is 10.2. The van der Waals surface area contributed by atoms with Gasteiger partial charge in [-0.1, -0.05) is 53.5 Å². The van der Waals surface area contributed by atoms with Crippen molar-refractivity contribution in [3.63, 3.8) is 0 Å². The number of rotatable bonds is 4. The van der Waals surface area contributed by atoms with Crippen LogP contribution in [0.25, 0.3) is 0 Å². The molecule has 3 rings (SSSR count). The van der Waals surface area contributed by atoms with Gasteiger partial charge in [-0.15, -0.1) is 0 Å². The zero-order valence-electron chi connectivity index (χ0n) is 15.2. The van der Waals surface area contributed by atoms with Crippen molar-refractivity contribution in [2.75, 3.05) is 10.6 Å². The number of ether oxygens (including phenoxy) is 2. The van der Waals surface area contributed by atoms with Gasteiger partial charge in [0.05, 0.1) is 10.0 Å². The largest absolute Gasteiger partial charge is 0.417 e. The third kappa shape index (κ3) is 5.63. The molecule has 29 heavy (non-hydrogen) atoms. The predicted molar refractivity (Wildman–Crippen MR) is 113 cm³/mol. The summed E-state index contributed by atoms with van der Waals surface area (Å²) in [6.45, 7) is 1.80. The lowest BCUT2D eigenvalue weighted by Crippen LogP contribution is -2.19. The van der Waals surface area contributed by atoms with Gasteiger partial charge in [-0.05, 0) is 48.9 Å². The fourth-order valence-electron chi connectivity index (χ4n) is 2.37. The van der Waals surface area contributed by atoms with Gasteiger partial charge in [0.25, 0.3) is 0 Å². The Morgan fingerprint density at radius 2 is 1.28 bits per heavy atom. The van der Waals surface area contributed by atoms with Crippen molar-refractivity contribution in [1.29, 1.82) is 0 Å². The van der Waals surface area contributed by atoms with E-state index in [0.29, 0.717) is 21.4 Å². The van der Waals surface area contributed by atoms with Crippen LogP contribution >= 0.6 is 23.2 Å². The van der Waals surface area contributed by atoms with Crippen LogP contribution in [0.2, 0.25) is 10.0 Å². The highest BCUT2D eigenvalue weighted by Gasteiger charge is 2.12. The highest BCUT2D eigenvalue weighted by Crippen LogP contribution is 2.26. The van der Waals surface area contributed by atoms with Gasteiger partial charge in [-0.2, -0.15) is 0 Å². The standard InChI is InChI=1S/C21H16Cl2N2O4/c1-13-10-11-14(24-20(26)28-18-8-4-2-6-15(18)22)12-17(13)25-21(27)29-19-9-5-3-7-16(19)23/h2-12H,1H3,(H,24,26)(H,25,27). The first-order valence-corrected chi connectivity index (χ1v) is 9.25. The molecule has 0 unspecified atom stereocenters. The van der Waals surface area contributed by atoms with E-state index in [1.54, 1.807) is 73.7 Å². The number of nitrogens with one attached hydrogen (secondary N) is 2. The van der Waals surface area contributed by atoms with E-state index in [4.69, 9.17) is 32.7 Å². The smallest absolute Gasteiger partial charge is 0.409 e. The number of halogens is 2. The molecule has 0 aliphatic carbocycles. The maximum atomic E-state index is 12.2. The Kier molecular flexibility index (Phi) is 6.59. The van der Waals surface area contributed by atoms with Gasteiger partial charge in [0.15, 0.2) is 11.5 Å². The molecular formula is C21H16Cl2N2O4. The molecule has 0 saturated heterocycles. The Bertz CT molecular complexity index is 1060. The Balaban J connectivity index is 1.66. The normalized spacial score (nSPS) is 10.2. The third-order valence-electron chi connectivity index (χ3n) is 3.80. The topological polar surface area (TPSA) is 76.7 Å². The first-order chi connectivity index (χ1) is 13.9. The van der Waals surface area contributed by atoms with Crippen molar-refractivity contribution < 1.29 is 19.1 Å². The fraction of sp³-hybridized carbons (Fsp3) is 0.0476. The van der Waals surface area contributed by atoms with Crippen LogP contribution in [0.4, 0.5) is 21.0 Å². The van der Waals surface area contributed by atoms with E-state index in [9.17, 15) is 9.59 Å². The molecule has 148 valence electrons. The summed E-state index contributed by atoms with van der Waals surface area (Å²) < 4.78 is 10.4. The van der Waals surface area contributed by atoms with E-state index in [0.717, 1.165) is 5.56 Å². The molecule has 0 fully saturated rings. The fourth-order valence-corrected chi connectivity index (χ4v) is 2.72. The first kappa shape index (κ1) is 20.5. The number of hydrogen-bond acceptors (Lipinski definition) is 4. The first-order valence-electron chi connectivity index (χ1n) is 8.50. The molecule has 0 aromatic heterocycles. The van der Waals surface area contributed by atoms with E-state index in [2.05, 4.69) is 10.6 Å². The monoisotopic (exact) mass is 430 g/mol. The number of carbonyl (C=O) groups is 2. The summed E-state index contributed by atoms with van der Waals surface area (Å²) in [5, 5.41) is 5.84. The number of anilines is 2. The SMILES string of the molecule is Cc1ccc(NC(=O)Oc2ccccc2Cl)cc1NC(=O)Oc1ccccc1Cl. The summed E-state index contributed by atoms with van der Waals surface area (Å²) in [6, 6.07) is 18.2. The minimum Gasteiger partial charge on any atom is -0.409 e. The molecule has 8 heteroatoms. The second-order valence-corrected chi connectivity index (χ2v) is 6.73. The predicted octanol–water partition coefficient (Wildman–Crippen LogP) is 6.52. The van der Waals surface area contributed by atoms with Gasteiger partial charge >= 0.3 is 12.2 Å². The van der Waals surface area contributed by atoms with Crippen molar-refractivity contribution in [1.82, 2.24) is 0 Å². The molecule has 0 saturated carbocycles. The van der Waals surface area contributed by atoms with E-state index in [-0.39, 0.29) is 11.5 Å². The number of para-hydroxylation sites is 2. The van der Waals surface area contributed by atoms with Crippen molar-refractivity contribution in [2.45, 2.75) is 6.92 Å². The summed E-state index contributed by atoms with van der Waals surface area (Å²) in [5.41, 5.74) is 1.64. The van der Waals surface area contributed by atoms with Crippen molar-refractivity contribution >= 4 is 46.8 Å². The van der Waals surface area contributed by atoms with E-state index in [1.165, 1.54) is 0 Å². The number of hydrogen-bond donors (Lipinski definition) is 2. The molecule has 0 atom stereocenters. The van der Waals surface area contributed by atoms with Gasteiger partial charge in [0.2, 0.25) is 0 Å². The van der Waals surface area contributed by atoms with Gasteiger partial charge in [-0.25, -0.2) is 9.59 Å². The van der Waals surface area contributed by atoms with Gasteiger partial charge in [-0.3, -0.25) is 10.6 Å². The molecule has 3 aromatic carbocycles. The van der Waals surface area contributed by atoms with Crippen LogP contribution in [0.15, 0.2) is 66.7 Å². The average Bonchev–Trinajstić information content (AvgIpc) is 2.68. The van der Waals surface area contributed by atoms with Crippen LogP contribution in [-0.2, 0) is 0 Å². The van der Waals surface area contributed by atoms with Gasteiger partial charge < -0.3 is 9.47 Å². The Morgan fingerprint density at radius 3 is 1.83 bits per heavy atom. The lowest BCUT2D eigenvalue weighted by molar-refractivity contribution is 0.214. The lowest BCUT2D eigenvalue weighted by Gasteiger charge is -2.12. The maximum Gasteiger partial charge on any atom is 0.417 e. The number of carbonyl (C=O) groups excluding carboxylic acids is 2. The number of amides is 2. The average molecular weight is 431 g/mol. The van der Waals surface area contributed by atoms with Crippen molar-refractivity contribution in [3.8, 4) is 11.5 Å². The van der Waals surface area contributed by atoms with E-state index in [1.807, 2.05) is 0 Å². The molecule has 0 aliphatic rings. The van der Waals surface area contributed by atoms with Crippen molar-refractivity contribution in [2.24, 2.45) is 0 Å². The molecule has 2 N–H and O–H groups in total. The number of benzene rings is 3. The van der Waals surface area contributed by atoms with Crippen LogP contribution in [0.1, 0.15) is 5.56 Å².